The number of nitrogens with zero attached hydrogens (tertiary/aromatic N) is 1. The predicted octanol–water partition coefficient (Wildman–Crippen LogP) is 1.10. The van der Waals surface area contributed by atoms with Gasteiger partial charge in [-0.3, -0.25) is 4.90 Å². The van der Waals surface area contributed by atoms with Gasteiger partial charge < -0.3 is 10.1 Å². The van der Waals surface area contributed by atoms with Crippen LogP contribution >= 0.6 is 0 Å². The van der Waals surface area contributed by atoms with Crippen LogP contribution in [-0.4, -0.2) is 50.3 Å². The van der Waals surface area contributed by atoms with Crippen molar-refractivity contribution in [1.29, 1.82) is 0 Å². The zero-order chi connectivity index (χ0) is 10.5. The lowest BCUT2D eigenvalue weighted by atomic mass is 10.1. The van der Waals surface area contributed by atoms with Crippen molar-refractivity contribution in [2.75, 3.05) is 39.4 Å². The zero-order valence-electron chi connectivity index (χ0n) is 9.87. The second kappa shape index (κ2) is 5.83. The molecule has 0 amide bonds. The van der Waals surface area contributed by atoms with Gasteiger partial charge in [0.05, 0.1) is 6.61 Å². The molecule has 1 N–H and O–H groups in total. The summed E-state index contributed by atoms with van der Waals surface area (Å²) in [6, 6.07) is 0.783. The molecule has 2 rings (SSSR count). The smallest absolute Gasteiger partial charge is 0.0507 e. The van der Waals surface area contributed by atoms with Crippen LogP contribution in [-0.2, 0) is 4.74 Å². The highest BCUT2D eigenvalue weighted by Crippen LogP contribution is 2.17. The van der Waals surface area contributed by atoms with Gasteiger partial charge in [0.15, 0.2) is 0 Å². The largest absolute Gasteiger partial charge is 0.381 e. The molecule has 2 saturated heterocycles. The van der Waals surface area contributed by atoms with E-state index >= 15 is 0 Å². The summed E-state index contributed by atoms with van der Waals surface area (Å²) in [7, 11) is 0. The van der Waals surface area contributed by atoms with Gasteiger partial charge in [0.1, 0.15) is 0 Å². The Balaban J connectivity index is 1.81. The molecule has 0 radical (unpaired) electrons. The highest BCUT2D eigenvalue weighted by Gasteiger charge is 2.25. The Kier molecular flexibility index (Phi) is 4.42. The Labute approximate surface area is 93.2 Å². The van der Waals surface area contributed by atoms with Crippen molar-refractivity contribution in [2.24, 2.45) is 5.92 Å². The van der Waals surface area contributed by atoms with Crippen molar-refractivity contribution in [3.8, 4) is 0 Å². The first-order valence-corrected chi connectivity index (χ1v) is 6.42. The minimum atomic E-state index is 0.783. The van der Waals surface area contributed by atoms with E-state index in [0.29, 0.717) is 0 Å². The van der Waals surface area contributed by atoms with Crippen LogP contribution in [0.1, 0.15) is 26.2 Å². The summed E-state index contributed by atoms with van der Waals surface area (Å²) in [5, 5.41) is 3.46. The lowest BCUT2D eigenvalue weighted by Crippen LogP contribution is -2.40. The Morgan fingerprint density at radius 3 is 2.93 bits per heavy atom. The van der Waals surface area contributed by atoms with Crippen molar-refractivity contribution in [3.63, 3.8) is 0 Å². The SMILES string of the molecule is CCCN(CC1CCOC1)C1CCNC1. The molecule has 2 heterocycles. The lowest BCUT2D eigenvalue weighted by Gasteiger charge is -2.30. The summed E-state index contributed by atoms with van der Waals surface area (Å²) in [6.45, 7) is 9.14. The van der Waals surface area contributed by atoms with E-state index in [2.05, 4.69) is 17.1 Å². The van der Waals surface area contributed by atoms with Crippen LogP contribution < -0.4 is 5.32 Å². The van der Waals surface area contributed by atoms with Gasteiger partial charge in [-0.05, 0) is 38.3 Å². The van der Waals surface area contributed by atoms with E-state index in [4.69, 9.17) is 4.74 Å². The van der Waals surface area contributed by atoms with Crippen LogP contribution in [0.2, 0.25) is 0 Å². The van der Waals surface area contributed by atoms with Crippen molar-refractivity contribution in [1.82, 2.24) is 10.2 Å². The third-order valence-corrected chi connectivity index (χ3v) is 3.58. The molecule has 0 aliphatic carbocycles. The molecular weight excluding hydrogens is 188 g/mol. The molecule has 0 saturated carbocycles. The summed E-state index contributed by atoms with van der Waals surface area (Å²) in [5.74, 6) is 0.789. The van der Waals surface area contributed by atoms with Gasteiger partial charge in [0, 0.05) is 25.7 Å². The molecule has 88 valence electrons. The van der Waals surface area contributed by atoms with E-state index in [1.165, 1.54) is 45.4 Å². The van der Waals surface area contributed by atoms with Crippen molar-refractivity contribution < 1.29 is 4.74 Å². The number of nitrogens with one attached hydrogen (secondary N) is 1. The highest BCUT2D eigenvalue weighted by molar-refractivity contribution is 4.82. The standard InChI is InChI=1S/C12H24N2O/c1-2-6-14(12-3-5-13-8-12)9-11-4-7-15-10-11/h11-13H,2-10H2,1H3. The molecule has 3 nitrogen and oxygen atoms in total. The number of hydrogen-bond acceptors (Lipinski definition) is 3. The first kappa shape index (κ1) is 11.4. The second-order valence-corrected chi connectivity index (χ2v) is 4.87. The Bertz CT molecular complexity index is 174. The molecule has 15 heavy (non-hydrogen) atoms. The number of ether oxygens (including phenoxy) is 1. The summed E-state index contributed by atoms with van der Waals surface area (Å²) in [4.78, 5) is 2.68. The number of rotatable bonds is 5. The molecule has 2 aliphatic rings. The molecule has 2 atom stereocenters. The van der Waals surface area contributed by atoms with Crippen LogP contribution in [0, 0.1) is 5.92 Å². The van der Waals surface area contributed by atoms with E-state index in [9.17, 15) is 0 Å². The fourth-order valence-electron chi connectivity index (χ4n) is 2.72. The molecule has 0 bridgehead atoms. The molecular formula is C12H24N2O. The van der Waals surface area contributed by atoms with E-state index in [1.54, 1.807) is 0 Å². The van der Waals surface area contributed by atoms with E-state index in [-0.39, 0.29) is 0 Å². The summed E-state index contributed by atoms with van der Waals surface area (Å²) >= 11 is 0. The topological polar surface area (TPSA) is 24.5 Å². The Morgan fingerprint density at radius 2 is 2.33 bits per heavy atom. The minimum Gasteiger partial charge on any atom is -0.381 e. The molecule has 2 aliphatic heterocycles. The van der Waals surface area contributed by atoms with Crippen molar-refractivity contribution >= 4 is 0 Å². The van der Waals surface area contributed by atoms with Crippen molar-refractivity contribution in [3.05, 3.63) is 0 Å². The minimum absolute atomic E-state index is 0.783. The van der Waals surface area contributed by atoms with Gasteiger partial charge in [-0.15, -0.1) is 0 Å². The molecule has 0 spiro atoms. The maximum absolute atomic E-state index is 5.46. The van der Waals surface area contributed by atoms with Gasteiger partial charge in [-0.25, -0.2) is 0 Å². The van der Waals surface area contributed by atoms with Crippen LogP contribution in [0.25, 0.3) is 0 Å². The quantitative estimate of drug-likeness (QED) is 0.738. The van der Waals surface area contributed by atoms with Gasteiger partial charge in [0.2, 0.25) is 0 Å². The maximum atomic E-state index is 5.46. The Hall–Kier alpha value is -0.120. The summed E-state index contributed by atoms with van der Waals surface area (Å²) in [5.41, 5.74) is 0. The zero-order valence-corrected chi connectivity index (χ0v) is 9.87. The molecule has 0 aromatic heterocycles. The fraction of sp³-hybridized carbons (Fsp3) is 1.00. The van der Waals surface area contributed by atoms with E-state index in [1.807, 2.05) is 0 Å². The average Bonchev–Trinajstić information content (AvgIpc) is 2.89. The van der Waals surface area contributed by atoms with E-state index in [0.717, 1.165) is 25.2 Å². The number of hydrogen-bond donors (Lipinski definition) is 1. The average molecular weight is 212 g/mol. The third-order valence-electron chi connectivity index (χ3n) is 3.58. The Morgan fingerprint density at radius 1 is 1.40 bits per heavy atom. The van der Waals surface area contributed by atoms with Gasteiger partial charge >= 0.3 is 0 Å². The van der Waals surface area contributed by atoms with Crippen LogP contribution in [0.4, 0.5) is 0 Å². The fourth-order valence-corrected chi connectivity index (χ4v) is 2.72. The summed E-state index contributed by atoms with van der Waals surface area (Å²) < 4.78 is 5.46. The van der Waals surface area contributed by atoms with E-state index < -0.39 is 0 Å². The van der Waals surface area contributed by atoms with Gasteiger partial charge in [0.25, 0.3) is 0 Å². The van der Waals surface area contributed by atoms with Crippen LogP contribution in [0.15, 0.2) is 0 Å². The maximum Gasteiger partial charge on any atom is 0.0507 e. The highest BCUT2D eigenvalue weighted by atomic mass is 16.5. The third kappa shape index (κ3) is 3.16. The van der Waals surface area contributed by atoms with Crippen molar-refractivity contribution in [2.45, 2.75) is 32.2 Å². The normalized spacial score (nSPS) is 31.6. The van der Waals surface area contributed by atoms with Crippen LogP contribution in [0.5, 0.6) is 0 Å². The lowest BCUT2D eigenvalue weighted by molar-refractivity contribution is 0.147. The van der Waals surface area contributed by atoms with Gasteiger partial charge in [-0.1, -0.05) is 6.92 Å². The van der Waals surface area contributed by atoms with Crippen LogP contribution in [0.3, 0.4) is 0 Å². The summed E-state index contributed by atoms with van der Waals surface area (Å²) in [6.07, 6.45) is 3.86. The molecule has 2 unspecified atom stereocenters. The van der Waals surface area contributed by atoms with Gasteiger partial charge in [-0.2, -0.15) is 0 Å². The molecule has 0 aromatic carbocycles. The monoisotopic (exact) mass is 212 g/mol. The molecule has 0 aromatic rings. The first-order valence-electron chi connectivity index (χ1n) is 6.42. The predicted molar refractivity (Wildman–Crippen MR) is 62.1 cm³/mol. The first-order chi connectivity index (χ1) is 7.40. The molecule has 3 heteroatoms. The second-order valence-electron chi connectivity index (χ2n) is 4.87. The molecule has 2 fully saturated rings.